The second-order valence-electron chi connectivity index (χ2n) is 3.31. The number of allylic oxidation sites excluding steroid dienone is 3. The third-order valence-corrected chi connectivity index (χ3v) is 2.29. The normalized spacial score (nSPS) is 15.1. The summed E-state index contributed by atoms with van der Waals surface area (Å²) in [5.74, 6) is 5.98. The Balaban J connectivity index is 2.20. The van der Waals surface area contributed by atoms with E-state index in [2.05, 4.69) is 18.2 Å². The van der Waals surface area contributed by atoms with E-state index in [-0.39, 0.29) is 0 Å². The zero-order chi connectivity index (χ0) is 9.80. The first kappa shape index (κ1) is 9.03. The Morgan fingerprint density at radius 3 is 2.50 bits per heavy atom. The van der Waals surface area contributed by atoms with Gasteiger partial charge in [0.25, 0.3) is 0 Å². The highest BCUT2D eigenvalue weighted by Crippen LogP contribution is 2.18. The molecule has 0 saturated carbocycles. The van der Waals surface area contributed by atoms with E-state index in [9.17, 15) is 0 Å². The lowest BCUT2D eigenvalue weighted by Crippen LogP contribution is -2.29. The largest absolute Gasteiger partial charge is 0.280 e. The molecule has 72 valence electrons. The van der Waals surface area contributed by atoms with Crippen molar-refractivity contribution in [1.82, 2.24) is 0 Å². The molecule has 0 heterocycles. The maximum Gasteiger partial charge on any atom is 0.0575 e. The summed E-state index contributed by atoms with van der Waals surface area (Å²) in [7, 11) is 0. The van der Waals surface area contributed by atoms with Crippen LogP contribution in [0.3, 0.4) is 0 Å². The second kappa shape index (κ2) is 4.11. The van der Waals surface area contributed by atoms with Crippen LogP contribution in [0.15, 0.2) is 54.3 Å². The van der Waals surface area contributed by atoms with Crippen molar-refractivity contribution in [2.75, 3.05) is 5.01 Å². The van der Waals surface area contributed by atoms with Crippen molar-refractivity contribution in [2.45, 2.75) is 12.8 Å². The summed E-state index contributed by atoms with van der Waals surface area (Å²) in [6.45, 7) is 0. The molecule has 0 spiro atoms. The molecular weight excluding hydrogens is 172 g/mol. The predicted molar refractivity (Wildman–Crippen MR) is 59.6 cm³/mol. The molecule has 2 nitrogen and oxygen atoms in total. The zero-order valence-electron chi connectivity index (χ0n) is 8.06. The van der Waals surface area contributed by atoms with Crippen LogP contribution in [-0.4, -0.2) is 0 Å². The first-order valence-corrected chi connectivity index (χ1v) is 4.84. The van der Waals surface area contributed by atoms with Crippen LogP contribution in [0.1, 0.15) is 12.8 Å². The van der Waals surface area contributed by atoms with Gasteiger partial charge < -0.3 is 0 Å². The smallest absolute Gasteiger partial charge is 0.0575 e. The molecule has 0 aromatic heterocycles. The molecule has 2 heteroatoms. The van der Waals surface area contributed by atoms with Gasteiger partial charge in [-0.2, -0.15) is 0 Å². The van der Waals surface area contributed by atoms with E-state index >= 15 is 0 Å². The number of hydrogen-bond donors (Lipinski definition) is 1. The van der Waals surface area contributed by atoms with Crippen LogP contribution in [-0.2, 0) is 0 Å². The van der Waals surface area contributed by atoms with Gasteiger partial charge in [0.1, 0.15) is 0 Å². The Kier molecular flexibility index (Phi) is 2.65. The number of nitrogens with two attached hydrogens (primary N) is 1. The van der Waals surface area contributed by atoms with Gasteiger partial charge >= 0.3 is 0 Å². The summed E-state index contributed by atoms with van der Waals surface area (Å²) in [6.07, 6.45) is 8.57. The van der Waals surface area contributed by atoms with Gasteiger partial charge in [0.15, 0.2) is 0 Å². The maximum absolute atomic E-state index is 5.98. The van der Waals surface area contributed by atoms with E-state index in [0.29, 0.717) is 0 Å². The fraction of sp³-hybridized carbons (Fsp3) is 0.167. The number of benzene rings is 1. The minimum atomic E-state index is 1.02. The van der Waals surface area contributed by atoms with Crippen molar-refractivity contribution in [2.24, 2.45) is 5.84 Å². The summed E-state index contributed by atoms with van der Waals surface area (Å²) >= 11 is 0. The SMILES string of the molecule is NN(C1=CCCC=C1)c1ccccc1. The average Bonchev–Trinajstić information content (AvgIpc) is 2.30. The standard InChI is InChI=1S/C12H14N2/c13-14(11-7-3-1-4-8-11)12-9-5-2-6-10-12/h1,3-5,7-10H,2,6,13H2. The number of para-hydroxylation sites is 1. The zero-order valence-corrected chi connectivity index (χ0v) is 8.06. The molecular formula is C12H14N2. The molecule has 2 rings (SSSR count). The first-order valence-electron chi connectivity index (χ1n) is 4.84. The van der Waals surface area contributed by atoms with E-state index < -0.39 is 0 Å². The lowest BCUT2D eigenvalue weighted by Gasteiger charge is -2.21. The number of rotatable bonds is 2. The Morgan fingerprint density at radius 2 is 1.86 bits per heavy atom. The van der Waals surface area contributed by atoms with Gasteiger partial charge in [-0.15, -0.1) is 0 Å². The third kappa shape index (κ3) is 1.86. The highest BCUT2D eigenvalue weighted by molar-refractivity contribution is 5.52. The quantitative estimate of drug-likeness (QED) is 0.568. The highest BCUT2D eigenvalue weighted by Gasteiger charge is 2.05. The van der Waals surface area contributed by atoms with Crippen molar-refractivity contribution in [1.29, 1.82) is 0 Å². The number of nitrogens with zero attached hydrogens (tertiary/aromatic N) is 1. The van der Waals surface area contributed by atoms with Crippen LogP contribution in [0, 0.1) is 0 Å². The Morgan fingerprint density at radius 1 is 1.07 bits per heavy atom. The van der Waals surface area contributed by atoms with Gasteiger partial charge in [-0.1, -0.05) is 30.4 Å². The molecule has 0 aliphatic heterocycles. The first-order chi connectivity index (χ1) is 6.88. The second-order valence-corrected chi connectivity index (χ2v) is 3.31. The molecule has 0 atom stereocenters. The molecule has 1 aromatic rings. The molecule has 0 unspecified atom stereocenters. The van der Waals surface area contributed by atoms with Crippen LogP contribution in [0.4, 0.5) is 5.69 Å². The predicted octanol–water partition coefficient (Wildman–Crippen LogP) is 2.60. The third-order valence-electron chi connectivity index (χ3n) is 2.29. The molecule has 2 N–H and O–H groups in total. The van der Waals surface area contributed by atoms with Crippen molar-refractivity contribution in [3.05, 3.63) is 54.3 Å². The number of hydrogen-bond acceptors (Lipinski definition) is 2. The van der Waals surface area contributed by atoms with Crippen molar-refractivity contribution < 1.29 is 0 Å². The lowest BCUT2D eigenvalue weighted by atomic mass is 10.1. The molecule has 14 heavy (non-hydrogen) atoms. The molecule has 0 fully saturated rings. The van der Waals surface area contributed by atoms with E-state index in [4.69, 9.17) is 5.84 Å². The summed E-state index contributed by atoms with van der Waals surface area (Å²) in [6, 6.07) is 9.97. The Bertz CT molecular complexity index is 352. The fourth-order valence-electron chi connectivity index (χ4n) is 1.52. The van der Waals surface area contributed by atoms with Gasteiger partial charge in [0.05, 0.1) is 11.4 Å². The van der Waals surface area contributed by atoms with Crippen LogP contribution in [0.5, 0.6) is 0 Å². The monoisotopic (exact) mass is 186 g/mol. The Hall–Kier alpha value is -1.54. The van der Waals surface area contributed by atoms with Crippen LogP contribution >= 0.6 is 0 Å². The molecule has 0 saturated heterocycles. The van der Waals surface area contributed by atoms with Crippen molar-refractivity contribution in [3.63, 3.8) is 0 Å². The molecule has 0 radical (unpaired) electrons. The summed E-state index contributed by atoms with van der Waals surface area (Å²) < 4.78 is 0. The van der Waals surface area contributed by atoms with Crippen molar-refractivity contribution in [3.8, 4) is 0 Å². The summed E-state index contributed by atoms with van der Waals surface area (Å²) in [5, 5.41) is 1.72. The fourth-order valence-corrected chi connectivity index (χ4v) is 1.52. The lowest BCUT2D eigenvalue weighted by molar-refractivity contribution is 0.950. The molecule has 1 aromatic carbocycles. The van der Waals surface area contributed by atoms with E-state index in [0.717, 1.165) is 24.2 Å². The van der Waals surface area contributed by atoms with Gasteiger partial charge in [0, 0.05) is 0 Å². The summed E-state index contributed by atoms with van der Waals surface area (Å²) in [5.41, 5.74) is 2.09. The van der Waals surface area contributed by atoms with Crippen molar-refractivity contribution >= 4 is 5.69 Å². The van der Waals surface area contributed by atoms with Crippen LogP contribution in [0.2, 0.25) is 0 Å². The molecule has 0 bridgehead atoms. The van der Waals surface area contributed by atoms with Gasteiger partial charge in [-0.3, -0.25) is 5.01 Å². The van der Waals surface area contributed by atoms with Gasteiger partial charge in [0.2, 0.25) is 0 Å². The summed E-state index contributed by atoms with van der Waals surface area (Å²) in [4.78, 5) is 0. The van der Waals surface area contributed by atoms with Crippen LogP contribution in [0.25, 0.3) is 0 Å². The molecule has 1 aliphatic carbocycles. The highest BCUT2D eigenvalue weighted by atomic mass is 15.4. The van der Waals surface area contributed by atoms with E-state index in [1.807, 2.05) is 30.3 Å². The average molecular weight is 186 g/mol. The maximum atomic E-state index is 5.98. The number of anilines is 1. The molecule has 1 aliphatic rings. The topological polar surface area (TPSA) is 29.3 Å². The van der Waals surface area contributed by atoms with E-state index in [1.165, 1.54) is 0 Å². The molecule has 0 amide bonds. The van der Waals surface area contributed by atoms with Gasteiger partial charge in [-0.05, 0) is 31.1 Å². The van der Waals surface area contributed by atoms with E-state index in [1.54, 1.807) is 5.01 Å². The number of hydrazine groups is 1. The Labute approximate surface area is 84.3 Å². The van der Waals surface area contributed by atoms with Crippen LogP contribution < -0.4 is 10.9 Å². The minimum Gasteiger partial charge on any atom is -0.280 e. The minimum absolute atomic E-state index is 1.02. The van der Waals surface area contributed by atoms with Gasteiger partial charge in [-0.25, -0.2) is 5.84 Å².